The van der Waals surface area contributed by atoms with E-state index in [2.05, 4.69) is 32.1 Å². The second-order valence-corrected chi connectivity index (χ2v) is 5.98. The zero-order chi connectivity index (χ0) is 17.5. The first-order valence-electron chi connectivity index (χ1n) is 8.44. The van der Waals surface area contributed by atoms with Crippen LogP contribution in [-0.4, -0.2) is 67.2 Å². The van der Waals surface area contributed by atoms with Crippen molar-refractivity contribution in [2.75, 3.05) is 51.3 Å². The molecule has 0 saturated carbocycles. The van der Waals surface area contributed by atoms with Gasteiger partial charge < -0.3 is 19.9 Å². The molecule has 0 aliphatic carbocycles. The Morgan fingerprint density at radius 3 is 2.68 bits per heavy atom. The first-order chi connectivity index (χ1) is 12.2. The molecule has 7 heteroatoms. The van der Waals surface area contributed by atoms with E-state index >= 15 is 0 Å². The molecule has 1 aliphatic heterocycles. The van der Waals surface area contributed by atoms with Gasteiger partial charge >= 0.3 is 0 Å². The fourth-order valence-electron chi connectivity index (χ4n) is 2.63. The van der Waals surface area contributed by atoms with Crippen LogP contribution in [0.2, 0.25) is 0 Å². The highest BCUT2D eigenvalue weighted by molar-refractivity contribution is 5.94. The lowest BCUT2D eigenvalue weighted by molar-refractivity contribution is 0.0946. The minimum atomic E-state index is -0.106. The number of rotatable bonds is 6. The van der Waals surface area contributed by atoms with Gasteiger partial charge in [-0.25, -0.2) is 9.97 Å². The highest BCUT2D eigenvalue weighted by atomic mass is 16.5. The zero-order valence-electron chi connectivity index (χ0n) is 14.4. The van der Waals surface area contributed by atoms with Crippen LogP contribution in [0.4, 0.5) is 5.82 Å². The first-order valence-corrected chi connectivity index (χ1v) is 8.44. The van der Waals surface area contributed by atoms with Crippen molar-refractivity contribution >= 4 is 11.7 Å². The van der Waals surface area contributed by atoms with Gasteiger partial charge in [0.05, 0.1) is 6.54 Å². The molecule has 3 rings (SSSR count). The molecule has 132 valence electrons. The van der Waals surface area contributed by atoms with Crippen molar-refractivity contribution in [2.45, 2.75) is 0 Å². The van der Waals surface area contributed by atoms with E-state index in [1.165, 1.54) is 6.33 Å². The zero-order valence-corrected chi connectivity index (χ0v) is 14.4. The number of piperazine rings is 1. The number of ether oxygens (including phenoxy) is 1. The quantitative estimate of drug-likeness (QED) is 0.792. The van der Waals surface area contributed by atoms with Crippen LogP contribution in [0.5, 0.6) is 5.88 Å². The van der Waals surface area contributed by atoms with Crippen LogP contribution in [0.15, 0.2) is 42.7 Å². The number of amides is 1. The van der Waals surface area contributed by atoms with Gasteiger partial charge in [-0.15, -0.1) is 0 Å². The molecule has 2 heterocycles. The third-order valence-electron chi connectivity index (χ3n) is 4.13. The molecule has 1 aliphatic rings. The van der Waals surface area contributed by atoms with Gasteiger partial charge in [0.2, 0.25) is 5.88 Å². The maximum atomic E-state index is 11.9. The Kier molecular flexibility index (Phi) is 5.79. The van der Waals surface area contributed by atoms with Crippen LogP contribution in [0.1, 0.15) is 10.4 Å². The molecule has 0 radical (unpaired) electrons. The molecule has 2 aromatic rings. The number of aromatic nitrogens is 2. The van der Waals surface area contributed by atoms with Crippen molar-refractivity contribution in [1.29, 1.82) is 0 Å². The standard InChI is InChI=1S/C18H23N5O2/c1-22-8-10-23(11-9-22)16-13-17(21-14-20-16)25-12-7-19-18(24)15-5-3-2-4-6-15/h2-6,13-14H,7-12H2,1H3,(H,19,24). The van der Waals surface area contributed by atoms with Crippen LogP contribution in [0, 0.1) is 0 Å². The summed E-state index contributed by atoms with van der Waals surface area (Å²) in [7, 11) is 2.12. The summed E-state index contributed by atoms with van der Waals surface area (Å²) in [6.45, 7) is 4.71. The number of hydrogen-bond donors (Lipinski definition) is 1. The summed E-state index contributed by atoms with van der Waals surface area (Å²) in [6.07, 6.45) is 1.52. The molecule has 1 aromatic carbocycles. The third-order valence-corrected chi connectivity index (χ3v) is 4.13. The Labute approximate surface area is 147 Å². The maximum Gasteiger partial charge on any atom is 0.251 e. The molecule has 7 nitrogen and oxygen atoms in total. The van der Waals surface area contributed by atoms with E-state index in [1.807, 2.05) is 24.3 Å². The number of hydrogen-bond acceptors (Lipinski definition) is 6. The fraction of sp³-hybridized carbons (Fsp3) is 0.389. The summed E-state index contributed by atoms with van der Waals surface area (Å²) in [5.41, 5.74) is 0.641. The minimum Gasteiger partial charge on any atom is -0.476 e. The lowest BCUT2D eigenvalue weighted by Crippen LogP contribution is -2.44. The molecule has 25 heavy (non-hydrogen) atoms. The van der Waals surface area contributed by atoms with Gasteiger partial charge in [0.25, 0.3) is 5.91 Å². The van der Waals surface area contributed by atoms with Crippen molar-refractivity contribution in [3.8, 4) is 5.88 Å². The fourth-order valence-corrected chi connectivity index (χ4v) is 2.63. The lowest BCUT2D eigenvalue weighted by Gasteiger charge is -2.33. The van der Waals surface area contributed by atoms with E-state index in [4.69, 9.17) is 4.74 Å². The van der Waals surface area contributed by atoms with E-state index in [1.54, 1.807) is 12.1 Å². The number of carbonyl (C=O) groups is 1. The highest BCUT2D eigenvalue weighted by Crippen LogP contribution is 2.17. The summed E-state index contributed by atoms with van der Waals surface area (Å²) in [5, 5.41) is 2.83. The van der Waals surface area contributed by atoms with Crippen LogP contribution in [-0.2, 0) is 0 Å². The van der Waals surface area contributed by atoms with Crippen LogP contribution in [0.25, 0.3) is 0 Å². The van der Waals surface area contributed by atoms with Gasteiger partial charge in [-0.3, -0.25) is 4.79 Å². The van der Waals surface area contributed by atoms with Crippen molar-refractivity contribution in [3.05, 3.63) is 48.3 Å². The topological polar surface area (TPSA) is 70.6 Å². The molecule has 0 atom stereocenters. The first kappa shape index (κ1) is 17.2. The Morgan fingerprint density at radius 2 is 1.92 bits per heavy atom. The molecule has 0 unspecified atom stereocenters. The largest absolute Gasteiger partial charge is 0.476 e. The van der Waals surface area contributed by atoms with Crippen molar-refractivity contribution in [2.24, 2.45) is 0 Å². The molecule has 0 spiro atoms. The Morgan fingerprint density at radius 1 is 1.16 bits per heavy atom. The van der Waals surface area contributed by atoms with E-state index in [9.17, 15) is 4.79 Å². The molecule has 1 saturated heterocycles. The Balaban J connectivity index is 1.45. The van der Waals surface area contributed by atoms with E-state index < -0.39 is 0 Å². The maximum absolute atomic E-state index is 11.9. The monoisotopic (exact) mass is 341 g/mol. The van der Waals surface area contributed by atoms with Gasteiger partial charge in [0, 0.05) is 37.8 Å². The normalized spacial score (nSPS) is 15.0. The number of nitrogens with one attached hydrogen (secondary N) is 1. The van der Waals surface area contributed by atoms with Crippen LogP contribution >= 0.6 is 0 Å². The number of carbonyl (C=O) groups excluding carboxylic acids is 1. The van der Waals surface area contributed by atoms with Gasteiger partial charge in [-0.2, -0.15) is 0 Å². The van der Waals surface area contributed by atoms with Gasteiger partial charge in [-0.1, -0.05) is 18.2 Å². The van der Waals surface area contributed by atoms with Gasteiger partial charge in [0.1, 0.15) is 18.8 Å². The third kappa shape index (κ3) is 4.90. The van der Waals surface area contributed by atoms with Crippen LogP contribution < -0.4 is 15.0 Å². The number of anilines is 1. The Bertz CT molecular complexity index is 687. The molecule has 1 fully saturated rings. The van der Waals surface area contributed by atoms with Crippen LogP contribution in [0.3, 0.4) is 0 Å². The van der Waals surface area contributed by atoms with E-state index in [0.29, 0.717) is 24.6 Å². The predicted octanol–water partition coefficient (Wildman–Crippen LogP) is 1.04. The Hall–Kier alpha value is -2.67. The number of likely N-dealkylation sites (N-methyl/N-ethyl adjacent to an activating group) is 1. The molecular weight excluding hydrogens is 318 g/mol. The van der Waals surface area contributed by atoms with Crippen molar-refractivity contribution < 1.29 is 9.53 Å². The number of nitrogens with zero attached hydrogens (tertiary/aromatic N) is 4. The summed E-state index contributed by atoms with van der Waals surface area (Å²) >= 11 is 0. The van der Waals surface area contributed by atoms with Crippen molar-refractivity contribution in [3.63, 3.8) is 0 Å². The summed E-state index contributed by atoms with van der Waals surface area (Å²) in [4.78, 5) is 24.9. The lowest BCUT2D eigenvalue weighted by atomic mass is 10.2. The summed E-state index contributed by atoms with van der Waals surface area (Å²) in [6, 6.07) is 11.0. The minimum absolute atomic E-state index is 0.106. The number of benzene rings is 1. The summed E-state index contributed by atoms with van der Waals surface area (Å²) in [5.74, 6) is 1.30. The van der Waals surface area contributed by atoms with Gasteiger partial charge in [0.15, 0.2) is 0 Å². The molecular formula is C18H23N5O2. The van der Waals surface area contributed by atoms with E-state index in [-0.39, 0.29) is 5.91 Å². The molecule has 0 bridgehead atoms. The predicted molar refractivity (Wildman–Crippen MR) is 96.0 cm³/mol. The molecule has 1 aromatic heterocycles. The molecule has 1 amide bonds. The highest BCUT2D eigenvalue weighted by Gasteiger charge is 2.16. The summed E-state index contributed by atoms with van der Waals surface area (Å²) < 4.78 is 5.64. The molecule has 1 N–H and O–H groups in total. The van der Waals surface area contributed by atoms with E-state index in [0.717, 1.165) is 32.0 Å². The SMILES string of the molecule is CN1CCN(c2cc(OCCNC(=O)c3ccccc3)ncn2)CC1. The average molecular weight is 341 g/mol. The second kappa shape index (κ2) is 8.43. The van der Waals surface area contributed by atoms with Gasteiger partial charge in [-0.05, 0) is 19.2 Å². The second-order valence-electron chi connectivity index (χ2n) is 5.98. The average Bonchev–Trinajstić information content (AvgIpc) is 2.66. The smallest absolute Gasteiger partial charge is 0.251 e. The van der Waals surface area contributed by atoms with Crippen molar-refractivity contribution in [1.82, 2.24) is 20.2 Å².